The summed E-state index contributed by atoms with van der Waals surface area (Å²) in [5.41, 5.74) is -3.39. The monoisotopic (exact) mass is 510 g/mol. The fraction of sp³-hybridized carbons (Fsp3) is 0.435. The Morgan fingerprint density at radius 1 is 0.941 bits per heavy atom. The van der Waals surface area contributed by atoms with Crippen LogP contribution in [0.5, 0.6) is 0 Å². The van der Waals surface area contributed by atoms with Crippen LogP contribution in [0.3, 0.4) is 0 Å². The first-order valence-electron chi connectivity index (χ1n) is 10.6. The first-order chi connectivity index (χ1) is 15.8. The third kappa shape index (κ3) is 6.85. The maximum Gasteiger partial charge on any atom is 0.416 e. The van der Waals surface area contributed by atoms with E-state index in [9.17, 15) is 35.5 Å². The lowest BCUT2D eigenvalue weighted by atomic mass is 9.86. The molecule has 3 rings (SSSR count). The van der Waals surface area contributed by atoms with Crippen LogP contribution in [0.2, 0.25) is 5.02 Å². The fourth-order valence-corrected chi connectivity index (χ4v) is 4.17. The molecular formula is C23H22ClF7N2O. The highest BCUT2D eigenvalue weighted by molar-refractivity contribution is 6.31. The predicted molar refractivity (Wildman–Crippen MR) is 113 cm³/mol. The average Bonchev–Trinajstić information content (AvgIpc) is 2.76. The molecule has 1 saturated carbocycles. The molecule has 186 valence electrons. The number of amides is 1. The van der Waals surface area contributed by atoms with Crippen molar-refractivity contribution < 1.29 is 35.5 Å². The molecule has 3 nitrogen and oxygen atoms in total. The van der Waals surface area contributed by atoms with E-state index >= 15 is 0 Å². The number of hydrogen-bond acceptors (Lipinski definition) is 2. The van der Waals surface area contributed by atoms with Crippen molar-refractivity contribution in [2.45, 2.75) is 50.6 Å². The number of alkyl halides is 6. The lowest BCUT2D eigenvalue weighted by Crippen LogP contribution is -2.37. The molecule has 0 heterocycles. The van der Waals surface area contributed by atoms with E-state index in [1.807, 2.05) is 0 Å². The molecular weight excluding hydrogens is 489 g/mol. The summed E-state index contributed by atoms with van der Waals surface area (Å²) in [4.78, 5) is 12.3. The molecule has 0 aliphatic heterocycles. The molecule has 0 aromatic heterocycles. The van der Waals surface area contributed by atoms with Crippen molar-refractivity contribution in [1.29, 1.82) is 0 Å². The molecule has 0 bridgehead atoms. The summed E-state index contributed by atoms with van der Waals surface area (Å²) in [7, 11) is 0. The van der Waals surface area contributed by atoms with Crippen LogP contribution in [0.1, 0.15) is 52.7 Å². The number of nitrogens with one attached hydrogen (secondary N) is 2. The Bertz CT molecular complexity index is 963. The summed E-state index contributed by atoms with van der Waals surface area (Å²) in [5, 5.41) is 6.03. The van der Waals surface area contributed by atoms with E-state index in [1.54, 1.807) is 6.07 Å². The number of hydrogen-bond donors (Lipinski definition) is 2. The van der Waals surface area contributed by atoms with Crippen molar-refractivity contribution in [3.63, 3.8) is 0 Å². The number of carbonyl (C=O) groups is 1. The zero-order valence-corrected chi connectivity index (χ0v) is 18.5. The van der Waals surface area contributed by atoms with E-state index < -0.39 is 40.8 Å². The average molecular weight is 511 g/mol. The molecule has 0 atom stereocenters. The zero-order valence-electron chi connectivity index (χ0n) is 17.8. The quantitative estimate of drug-likeness (QED) is 0.430. The van der Waals surface area contributed by atoms with Crippen LogP contribution >= 0.6 is 11.6 Å². The Balaban J connectivity index is 1.53. The van der Waals surface area contributed by atoms with E-state index in [1.165, 1.54) is 12.1 Å². The molecule has 2 aromatic rings. The van der Waals surface area contributed by atoms with Crippen molar-refractivity contribution in [3.05, 3.63) is 69.5 Å². The van der Waals surface area contributed by atoms with Crippen LogP contribution in [0.4, 0.5) is 30.7 Å². The highest BCUT2D eigenvalue weighted by Crippen LogP contribution is 2.36. The van der Waals surface area contributed by atoms with Gasteiger partial charge in [-0.25, -0.2) is 4.39 Å². The first-order valence-corrected chi connectivity index (χ1v) is 11.0. The van der Waals surface area contributed by atoms with Crippen molar-refractivity contribution in [2.24, 2.45) is 5.92 Å². The standard InChI is InChI=1S/C23H22ClF7N2O/c24-19-2-1-3-20(25)18(19)12-32-17-6-4-13(5-7-17)11-33-21(34)14-8-15(22(26,27)28)10-16(9-14)23(29,30)31/h1-3,8-10,13,17,32H,4-7,11-12H2,(H,33,34)/t13-,17-. The van der Waals surface area contributed by atoms with Gasteiger partial charge in [-0.05, 0) is 61.9 Å². The summed E-state index contributed by atoms with van der Waals surface area (Å²) in [6.45, 7) is 0.386. The normalized spacial score (nSPS) is 19.2. The maximum atomic E-state index is 13.9. The Morgan fingerprint density at radius 3 is 2.06 bits per heavy atom. The molecule has 1 amide bonds. The third-order valence-electron chi connectivity index (χ3n) is 5.88. The summed E-state index contributed by atoms with van der Waals surface area (Å²) < 4.78 is 91.8. The molecule has 0 radical (unpaired) electrons. The molecule has 2 aromatic carbocycles. The molecule has 2 N–H and O–H groups in total. The second-order valence-electron chi connectivity index (χ2n) is 8.30. The van der Waals surface area contributed by atoms with Gasteiger partial charge < -0.3 is 10.6 Å². The molecule has 0 saturated heterocycles. The SMILES string of the molecule is O=C(NC[C@H]1CC[C@H](NCc2c(F)cccc2Cl)CC1)c1cc(C(F)(F)F)cc(C(F)(F)F)c1. The van der Waals surface area contributed by atoms with E-state index in [-0.39, 0.29) is 31.1 Å². The van der Waals surface area contributed by atoms with Crippen LogP contribution in [-0.2, 0) is 18.9 Å². The predicted octanol–water partition coefficient (Wildman–Crippen LogP) is 6.60. The van der Waals surface area contributed by atoms with Gasteiger partial charge in [0.05, 0.1) is 11.1 Å². The Labute approximate surface area is 196 Å². The Hall–Kier alpha value is -2.33. The van der Waals surface area contributed by atoms with Crippen LogP contribution < -0.4 is 10.6 Å². The molecule has 1 aliphatic rings. The molecule has 1 fully saturated rings. The van der Waals surface area contributed by atoms with Gasteiger partial charge in [-0.1, -0.05) is 17.7 Å². The summed E-state index contributed by atoms with van der Waals surface area (Å²) in [6.07, 6.45) is -7.25. The van der Waals surface area contributed by atoms with Crippen molar-refractivity contribution in [2.75, 3.05) is 6.54 Å². The summed E-state index contributed by atoms with van der Waals surface area (Å²) in [6, 6.07) is 5.36. The lowest BCUT2D eigenvalue weighted by Gasteiger charge is -2.29. The van der Waals surface area contributed by atoms with Gasteiger partial charge in [0.1, 0.15) is 5.82 Å². The largest absolute Gasteiger partial charge is 0.416 e. The second-order valence-corrected chi connectivity index (χ2v) is 8.71. The van der Waals surface area contributed by atoms with Gasteiger partial charge >= 0.3 is 12.4 Å². The van der Waals surface area contributed by atoms with Gasteiger partial charge in [0.15, 0.2) is 0 Å². The van der Waals surface area contributed by atoms with Gasteiger partial charge in [-0.2, -0.15) is 26.3 Å². The Kier molecular flexibility index (Phi) is 8.13. The van der Waals surface area contributed by atoms with Crippen molar-refractivity contribution in [1.82, 2.24) is 10.6 Å². The topological polar surface area (TPSA) is 41.1 Å². The fourth-order valence-electron chi connectivity index (χ4n) is 3.94. The minimum atomic E-state index is -5.02. The summed E-state index contributed by atoms with van der Waals surface area (Å²) in [5.74, 6) is -1.38. The van der Waals surface area contributed by atoms with Gasteiger partial charge in [0.25, 0.3) is 5.91 Å². The second kappa shape index (κ2) is 10.5. The number of carbonyl (C=O) groups excluding carboxylic acids is 1. The number of rotatable bonds is 6. The zero-order chi connectivity index (χ0) is 25.1. The van der Waals surface area contributed by atoms with E-state index in [0.29, 0.717) is 48.4 Å². The van der Waals surface area contributed by atoms with Crippen LogP contribution in [0, 0.1) is 11.7 Å². The first kappa shape index (κ1) is 26.3. The minimum Gasteiger partial charge on any atom is -0.352 e. The van der Waals surface area contributed by atoms with Gasteiger partial charge in [-0.3, -0.25) is 4.79 Å². The number of halogens is 8. The number of benzene rings is 2. The lowest BCUT2D eigenvalue weighted by molar-refractivity contribution is -0.143. The van der Waals surface area contributed by atoms with E-state index in [2.05, 4.69) is 10.6 Å². The van der Waals surface area contributed by atoms with Gasteiger partial charge in [-0.15, -0.1) is 0 Å². The van der Waals surface area contributed by atoms with Crippen LogP contribution in [-0.4, -0.2) is 18.5 Å². The highest BCUT2D eigenvalue weighted by atomic mass is 35.5. The van der Waals surface area contributed by atoms with Crippen molar-refractivity contribution >= 4 is 17.5 Å². The highest BCUT2D eigenvalue weighted by Gasteiger charge is 2.37. The third-order valence-corrected chi connectivity index (χ3v) is 6.23. The molecule has 34 heavy (non-hydrogen) atoms. The van der Waals surface area contributed by atoms with Gasteiger partial charge in [0, 0.05) is 35.3 Å². The van der Waals surface area contributed by atoms with Gasteiger partial charge in [0.2, 0.25) is 0 Å². The summed E-state index contributed by atoms with van der Waals surface area (Å²) >= 11 is 6.02. The molecule has 0 spiro atoms. The van der Waals surface area contributed by atoms with Crippen molar-refractivity contribution in [3.8, 4) is 0 Å². The van der Waals surface area contributed by atoms with Crippen LogP contribution in [0.15, 0.2) is 36.4 Å². The molecule has 1 aliphatic carbocycles. The van der Waals surface area contributed by atoms with E-state index in [4.69, 9.17) is 11.6 Å². The minimum absolute atomic E-state index is 0.0143. The van der Waals surface area contributed by atoms with Crippen LogP contribution in [0.25, 0.3) is 0 Å². The smallest absolute Gasteiger partial charge is 0.352 e. The molecule has 0 unspecified atom stereocenters. The Morgan fingerprint density at radius 2 is 1.53 bits per heavy atom. The van der Waals surface area contributed by atoms with E-state index in [0.717, 1.165) is 0 Å². The maximum absolute atomic E-state index is 13.9. The molecule has 11 heteroatoms.